The van der Waals surface area contributed by atoms with Crippen LogP contribution in [0, 0.1) is 11.8 Å². The summed E-state index contributed by atoms with van der Waals surface area (Å²) < 4.78 is 0. The fourth-order valence-corrected chi connectivity index (χ4v) is 2.66. The van der Waals surface area contributed by atoms with Crippen LogP contribution in [0.4, 0.5) is 4.79 Å². The predicted molar refractivity (Wildman–Crippen MR) is 79.9 cm³/mol. The molecular weight excluding hydrogens is 268 g/mol. The first kappa shape index (κ1) is 15.4. The fourth-order valence-electron chi connectivity index (χ4n) is 2.66. The molecule has 0 radical (unpaired) electrons. The average Bonchev–Trinajstić information content (AvgIpc) is 2.95. The van der Waals surface area contributed by atoms with E-state index in [2.05, 4.69) is 19.2 Å². The topological polar surface area (TPSA) is 69.6 Å². The van der Waals surface area contributed by atoms with Gasteiger partial charge in [0.1, 0.15) is 0 Å². The summed E-state index contributed by atoms with van der Waals surface area (Å²) in [5.41, 5.74) is 0.581. The molecule has 0 aliphatic carbocycles. The molecule has 1 aromatic carbocycles. The molecule has 2 N–H and O–H groups in total. The first-order valence-corrected chi connectivity index (χ1v) is 7.32. The lowest BCUT2D eigenvalue weighted by Gasteiger charge is -2.22. The smallest absolute Gasteiger partial charge is 0.330 e. The molecule has 0 aromatic heterocycles. The summed E-state index contributed by atoms with van der Waals surface area (Å²) in [4.78, 5) is 25.4. The van der Waals surface area contributed by atoms with Crippen molar-refractivity contribution >= 4 is 12.0 Å². The lowest BCUT2D eigenvalue weighted by Crippen LogP contribution is -2.42. The van der Waals surface area contributed by atoms with Crippen LogP contribution in [-0.4, -0.2) is 35.1 Å². The number of benzene rings is 1. The van der Waals surface area contributed by atoms with Crippen LogP contribution >= 0.6 is 0 Å². The molecule has 0 bridgehead atoms. The van der Waals surface area contributed by atoms with Crippen molar-refractivity contribution in [3.63, 3.8) is 0 Å². The summed E-state index contributed by atoms with van der Waals surface area (Å²) in [5, 5.41) is 11.9. The highest BCUT2D eigenvalue weighted by molar-refractivity contribution is 5.83. The van der Waals surface area contributed by atoms with Gasteiger partial charge >= 0.3 is 12.0 Å². The largest absolute Gasteiger partial charge is 0.479 e. The Balaban J connectivity index is 2.02. The molecule has 1 aromatic rings. The van der Waals surface area contributed by atoms with Crippen molar-refractivity contribution in [2.45, 2.75) is 26.3 Å². The number of hydrogen-bond acceptors (Lipinski definition) is 2. The van der Waals surface area contributed by atoms with E-state index in [0.29, 0.717) is 30.5 Å². The van der Waals surface area contributed by atoms with Crippen LogP contribution in [0.5, 0.6) is 0 Å². The van der Waals surface area contributed by atoms with Gasteiger partial charge in [0.05, 0.1) is 0 Å². The quantitative estimate of drug-likeness (QED) is 0.895. The fraction of sp³-hybridized carbons (Fsp3) is 0.500. The molecule has 21 heavy (non-hydrogen) atoms. The van der Waals surface area contributed by atoms with Crippen molar-refractivity contribution in [2.75, 3.05) is 13.1 Å². The highest BCUT2D eigenvalue weighted by Crippen LogP contribution is 2.24. The van der Waals surface area contributed by atoms with E-state index in [9.17, 15) is 14.7 Å². The van der Waals surface area contributed by atoms with Gasteiger partial charge in [-0.25, -0.2) is 9.59 Å². The van der Waals surface area contributed by atoms with Crippen LogP contribution < -0.4 is 5.32 Å². The zero-order valence-corrected chi connectivity index (χ0v) is 12.5. The van der Waals surface area contributed by atoms with Gasteiger partial charge in [-0.15, -0.1) is 0 Å². The van der Waals surface area contributed by atoms with E-state index in [1.165, 1.54) is 0 Å². The van der Waals surface area contributed by atoms with E-state index in [0.717, 1.165) is 6.42 Å². The summed E-state index contributed by atoms with van der Waals surface area (Å²) >= 11 is 0. The molecule has 1 fully saturated rings. The minimum Gasteiger partial charge on any atom is -0.479 e. The summed E-state index contributed by atoms with van der Waals surface area (Å²) in [6.45, 7) is 5.69. The number of aliphatic carboxylic acids is 1. The van der Waals surface area contributed by atoms with Crippen LogP contribution in [0.15, 0.2) is 30.3 Å². The number of carboxylic acids is 1. The van der Waals surface area contributed by atoms with Crippen LogP contribution in [0.1, 0.15) is 31.9 Å². The van der Waals surface area contributed by atoms with Gasteiger partial charge in [0.25, 0.3) is 0 Å². The summed E-state index contributed by atoms with van der Waals surface area (Å²) in [5.74, 6) is -0.0166. The summed E-state index contributed by atoms with van der Waals surface area (Å²) in [7, 11) is 0. The second-order valence-electron chi connectivity index (χ2n) is 5.87. The van der Waals surface area contributed by atoms with Gasteiger partial charge in [-0.2, -0.15) is 0 Å². The van der Waals surface area contributed by atoms with E-state index in [1.807, 2.05) is 6.07 Å². The maximum atomic E-state index is 12.3. The monoisotopic (exact) mass is 290 g/mol. The van der Waals surface area contributed by atoms with E-state index in [1.54, 1.807) is 29.2 Å². The number of nitrogens with one attached hydrogen (secondary N) is 1. The van der Waals surface area contributed by atoms with Gasteiger partial charge in [0.15, 0.2) is 6.04 Å². The number of nitrogens with zero attached hydrogens (tertiary/aromatic N) is 1. The third-order valence-electron chi connectivity index (χ3n) is 4.10. The van der Waals surface area contributed by atoms with E-state index < -0.39 is 12.0 Å². The maximum absolute atomic E-state index is 12.3. The van der Waals surface area contributed by atoms with Gasteiger partial charge in [-0.3, -0.25) is 0 Å². The highest BCUT2D eigenvalue weighted by Gasteiger charge is 2.30. The van der Waals surface area contributed by atoms with Gasteiger partial charge < -0.3 is 15.3 Å². The van der Waals surface area contributed by atoms with E-state index >= 15 is 0 Å². The van der Waals surface area contributed by atoms with Crippen molar-refractivity contribution in [3.8, 4) is 0 Å². The number of rotatable bonds is 4. The molecule has 1 aliphatic rings. The highest BCUT2D eigenvalue weighted by atomic mass is 16.4. The van der Waals surface area contributed by atoms with Gasteiger partial charge in [0.2, 0.25) is 0 Å². The second kappa shape index (κ2) is 6.61. The molecule has 1 saturated heterocycles. The second-order valence-corrected chi connectivity index (χ2v) is 5.87. The van der Waals surface area contributed by atoms with E-state index in [-0.39, 0.29) is 6.03 Å². The minimum absolute atomic E-state index is 0.297. The molecule has 5 heteroatoms. The van der Waals surface area contributed by atoms with Crippen molar-refractivity contribution < 1.29 is 14.7 Å². The molecule has 0 spiro atoms. The van der Waals surface area contributed by atoms with E-state index in [4.69, 9.17) is 0 Å². The van der Waals surface area contributed by atoms with Gasteiger partial charge in [-0.05, 0) is 23.8 Å². The Hall–Kier alpha value is -2.04. The number of hydrogen-bond donors (Lipinski definition) is 2. The molecule has 1 aliphatic heterocycles. The first-order chi connectivity index (χ1) is 9.99. The maximum Gasteiger partial charge on any atom is 0.330 e. The molecule has 2 amide bonds. The Labute approximate surface area is 125 Å². The van der Waals surface area contributed by atoms with Crippen LogP contribution in [0.25, 0.3) is 0 Å². The Morgan fingerprint density at radius 2 is 1.95 bits per heavy atom. The Morgan fingerprint density at radius 1 is 1.29 bits per heavy atom. The summed E-state index contributed by atoms with van der Waals surface area (Å²) in [6.07, 6.45) is 0.980. The number of carbonyl (C=O) groups is 2. The van der Waals surface area contributed by atoms with Crippen LogP contribution in [-0.2, 0) is 4.79 Å². The Kier molecular flexibility index (Phi) is 4.83. The molecule has 2 unspecified atom stereocenters. The SMILES string of the molecule is CC(C)C1CCN(C(=O)NC(C(=O)O)c2ccccc2)C1. The number of amides is 2. The minimum atomic E-state index is -1.05. The molecular formula is C16H22N2O3. The molecule has 1 heterocycles. The Morgan fingerprint density at radius 3 is 2.48 bits per heavy atom. The molecule has 2 atom stereocenters. The zero-order valence-electron chi connectivity index (χ0n) is 12.5. The molecule has 2 rings (SSSR count). The summed E-state index contributed by atoms with van der Waals surface area (Å²) in [6, 6.07) is 7.47. The van der Waals surface area contributed by atoms with Crippen LogP contribution in [0.2, 0.25) is 0 Å². The van der Waals surface area contributed by atoms with Crippen molar-refractivity contribution in [1.29, 1.82) is 0 Å². The first-order valence-electron chi connectivity index (χ1n) is 7.32. The molecule has 5 nitrogen and oxygen atoms in total. The molecule has 114 valence electrons. The van der Waals surface area contributed by atoms with Gasteiger partial charge in [0, 0.05) is 13.1 Å². The predicted octanol–water partition coefficient (Wildman–Crippen LogP) is 2.50. The number of urea groups is 1. The van der Waals surface area contributed by atoms with Gasteiger partial charge in [-0.1, -0.05) is 44.2 Å². The molecule has 0 saturated carbocycles. The number of carboxylic acid groups (broad SMARTS) is 1. The zero-order chi connectivity index (χ0) is 15.4. The van der Waals surface area contributed by atoms with Crippen LogP contribution in [0.3, 0.4) is 0 Å². The van der Waals surface area contributed by atoms with Crippen molar-refractivity contribution in [3.05, 3.63) is 35.9 Å². The number of carbonyl (C=O) groups excluding carboxylic acids is 1. The lowest BCUT2D eigenvalue weighted by molar-refractivity contribution is -0.139. The van der Waals surface area contributed by atoms with Crippen molar-refractivity contribution in [2.24, 2.45) is 11.8 Å². The standard InChI is InChI=1S/C16H22N2O3/c1-11(2)13-8-9-18(10-13)16(21)17-14(15(19)20)12-6-4-3-5-7-12/h3-7,11,13-14H,8-10H2,1-2H3,(H,17,21)(H,19,20). The lowest BCUT2D eigenvalue weighted by atomic mass is 9.95. The average molecular weight is 290 g/mol. The number of likely N-dealkylation sites (tertiary alicyclic amines) is 1. The normalized spacial score (nSPS) is 19.6. The third-order valence-corrected chi connectivity index (χ3v) is 4.10. The third kappa shape index (κ3) is 3.74. The van der Waals surface area contributed by atoms with Crippen molar-refractivity contribution in [1.82, 2.24) is 10.2 Å². The Bertz CT molecular complexity index is 502.